The van der Waals surface area contributed by atoms with Gasteiger partial charge in [-0.3, -0.25) is 14.5 Å². The molecule has 7 heteroatoms. The molecule has 2 heterocycles. The Morgan fingerprint density at radius 2 is 2.00 bits per heavy atom. The number of nitrogens with zero attached hydrogens (tertiary/aromatic N) is 3. The molecule has 0 aliphatic carbocycles. The predicted octanol–water partition coefficient (Wildman–Crippen LogP) is 0.802. The van der Waals surface area contributed by atoms with Crippen LogP contribution in [-0.4, -0.2) is 87.7 Å². The number of hydrogen-bond donors (Lipinski definition) is 1. The number of hydrogen-bond acceptors (Lipinski definition) is 5. The van der Waals surface area contributed by atoms with E-state index in [1.807, 2.05) is 43.3 Å². The Kier molecular flexibility index (Phi) is 6.01. The summed E-state index contributed by atoms with van der Waals surface area (Å²) in [7, 11) is 7.45. The number of benzene rings is 1. The van der Waals surface area contributed by atoms with E-state index >= 15 is 0 Å². The summed E-state index contributed by atoms with van der Waals surface area (Å²) in [5.74, 6) is 0.0482. The highest BCUT2D eigenvalue weighted by atomic mass is 16.5. The molecule has 2 fully saturated rings. The molecule has 3 atom stereocenters. The Morgan fingerprint density at radius 3 is 2.70 bits per heavy atom. The fourth-order valence-corrected chi connectivity index (χ4v) is 3.74. The van der Waals surface area contributed by atoms with Crippen LogP contribution in [0.25, 0.3) is 0 Å². The molecule has 27 heavy (non-hydrogen) atoms. The zero-order chi connectivity index (χ0) is 19.6. The highest BCUT2D eigenvalue weighted by Crippen LogP contribution is 2.25. The number of anilines is 1. The lowest BCUT2D eigenvalue weighted by atomic mass is 10.1. The molecule has 7 nitrogen and oxygen atoms in total. The minimum Gasteiger partial charge on any atom is -0.378 e. The molecule has 1 aromatic rings. The van der Waals surface area contributed by atoms with Gasteiger partial charge in [0.2, 0.25) is 5.91 Å². The smallest absolute Gasteiger partial charge is 0.251 e. The van der Waals surface area contributed by atoms with Crippen LogP contribution in [0, 0.1) is 0 Å². The second-order valence-electron chi connectivity index (χ2n) is 7.91. The van der Waals surface area contributed by atoms with Crippen molar-refractivity contribution in [2.75, 3.05) is 52.8 Å². The van der Waals surface area contributed by atoms with Gasteiger partial charge < -0.3 is 19.9 Å². The van der Waals surface area contributed by atoms with Gasteiger partial charge in [0, 0.05) is 64.6 Å². The lowest BCUT2D eigenvalue weighted by Gasteiger charge is -2.35. The maximum Gasteiger partial charge on any atom is 0.251 e. The fraction of sp³-hybridized carbons (Fsp3) is 0.600. The quantitative estimate of drug-likeness (QED) is 0.826. The van der Waals surface area contributed by atoms with Crippen LogP contribution in [0.4, 0.5) is 5.69 Å². The van der Waals surface area contributed by atoms with Gasteiger partial charge in [-0.15, -0.1) is 0 Å². The molecule has 1 aromatic carbocycles. The standard InChI is InChI=1S/C20H30N4O3/c1-22(2)16-7-5-6-14(8-16)20(26)21-15-9-17-13-27-18(12-24(17)11-15)10-19(25)23(3)4/h5-8,15,17-18H,9-13H2,1-4H3,(H,21,26)/t15-,17-,18-/m0/s1. The van der Waals surface area contributed by atoms with E-state index in [4.69, 9.17) is 4.74 Å². The Labute approximate surface area is 161 Å². The minimum atomic E-state index is -0.0672. The number of carbonyl (C=O) groups is 2. The highest BCUT2D eigenvalue weighted by Gasteiger charge is 2.38. The van der Waals surface area contributed by atoms with E-state index in [1.54, 1.807) is 19.0 Å². The van der Waals surface area contributed by atoms with Crippen molar-refractivity contribution < 1.29 is 14.3 Å². The third-order valence-electron chi connectivity index (χ3n) is 5.35. The van der Waals surface area contributed by atoms with E-state index in [1.165, 1.54) is 0 Å². The molecule has 2 amide bonds. The van der Waals surface area contributed by atoms with Crippen molar-refractivity contribution in [1.82, 2.24) is 15.1 Å². The molecular formula is C20H30N4O3. The molecule has 0 unspecified atom stereocenters. The Morgan fingerprint density at radius 1 is 1.22 bits per heavy atom. The molecule has 2 aliphatic rings. The van der Waals surface area contributed by atoms with Crippen molar-refractivity contribution in [3.63, 3.8) is 0 Å². The van der Waals surface area contributed by atoms with E-state index in [2.05, 4.69) is 10.2 Å². The molecule has 2 saturated heterocycles. The summed E-state index contributed by atoms with van der Waals surface area (Å²) in [5.41, 5.74) is 1.69. The number of fused-ring (bicyclic) bond motifs is 1. The van der Waals surface area contributed by atoms with Gasteiger partial charge in [-0.25, -0.2) is 0 Å². The molecule has 0 aromatic heterocycles. The lowest BCUT2D eigenvalue weighted by molar-refractivity contribution is -0.134. The van der Waals surface area contributed by atoms with Gasteiger partial charge in [0.25, 0.3) is 5.91 Å². The van der Waals surface area contributed by atoms with Crippen LogP contribution in [0.5, 0.6) is 0 Å². The van der Waals surface area contributed by atoms with Gasteiger partial charge in [-0.2, -0.15) is 0 Å². The molecule has 0 radical (unpaired) electrons. The first-order valence-electron chi connectivity index (χ1n) is 9.47. The topological polar surface area (TPSA) is 65.1 Å². The normalized spacial score (nSPS) is 25.0. The summed E-state index contributed by atoms with van der Waals surface area (Å²) in [4.78, 5) is 30.5. The Hall–Kier alpha value is -2.12. The van der Waals surface area contributed by atoms with E-state index in [0.717, 1.165) is 25.2 Å². The SMILES string of the molecule is CN(C)C(=O)C[C@H]1CN2C[C@@H](NC(=O)c3cccc(N(C)C)c3)C[C@H]2CO1. The maximum atomic E-state index is 12.6. The predicted molar refractivity (Wildman–Crippen MR) is 105 cm³/mol. The summed E-state index contributed by atoms with van der Waals surface area (Å²) in [6, 6.07) is 8.06. The second kappa shape index (κ2) is 8.27. The van der Waals surface area contributed by atoms with E-state index in [-0.39, 0.29) is 24.0 Å². The molecule has 0 bridgehead atoms. The summed E-state index contributed by atoms with van der Waals surface area (Å²) in [6.07, 6.45) is 1.22. The van der Waals surface area contributed by atoms with Crippen LogP contribution < -0.4 is 10.2 Å². The zero-order valence-corrected chi connectivity index (χ0v) is 16.6. The maximum absolute atomic E-state index is 12.6. The zero-order valence-electron chi connectivity index (χ0n) is 16.6. The number of ether oxygens (including phenoxy) is 1. The van der Waals surface area contributed by atoms with Crippen molar-refractivity contribution in [1.29, 1.82) is 0 Å². The second-order valence-corrected chi connectivity index (χ2v) is 7.91. The van der Waals surface area contributed by atoms with Gasteiger partial charge in [-0.1, -0.05) is 6.07 Å². The van der Waals surface area contributed by atoms with Crippen LogP contribution in [0.1, 0.15) is 23.2 Å². The summed E-state index contributed by atoms with van der Waals surface area (Å²) >= 11 is 0. The van der Waals surface area contributed by atoms with E-state index in [0.29, 0.717) is 24.6 Å². The molecule has 1 N–H and O–H groups in total. The average molecular weight is 374 g/mol. The van der Waals surface area contributed by atoms with Crippen LogP contribution in [0.2, 0.25) is 0 Å². The van der Waals surface area contributed by atoms with Crippen LogP contribution in [0.3, 0.4) is 0 Å². The number of morpholine rings is 1. The van der Waals surface area contributed by atoms with Crippen LogP contribution in [-0.2, 0) is 9.53 Å². The number of rotatable bonds is 5. The number of nitrogens with one attached hydrogen (secondary N) is 1. The average Bonchev–Trinajstić information content (AvgIpc) is 3.03. The molecule has 0 saturated carbocycles. The minimum absolute atomic E-state index is 0.0381. The Balaban J connectivity index is 1.54. The van der Waals surface area contributed by atoms with Gasteiger partial charge in [0.1, 0.15) is 0 Å². The lowest BCUT2D eigenvalue weighted by Crippen LogP contribution is -2.47. The van der Waals surface area contributed by atoms with Gasteiger partial charge in [0.15, 0.2) is 0 Å². The largest absolute Gasteiger partial charge is 0.378 e. The van der Waals surface area contributed by atoms with Crippen LogP contribution >= 0.6 is 0 Å². The van der Waals surface area contributed by atoms with Crippen molar-refractivity contribution in [3.8, 4) is 0 Å². The summed E-state index contributed by atoms with van der Waals surface area (Å²) in [6.45, 7) is 2.17. The molecule has 148 valence electrons. The third-order valence-corrected chi connectivity index (χ3v) is 5.35. The monoisotopic (exact) mass is 374 g/mol. The van der Waals surface area contributed by atoms with Gasteiger partial charge in [0.05, 0.1) is 19.1 Å². The van der Waals surface area contributed by atoms with Crippen molar-refractivity contribution in [3.05, 3.63) is 29.8 Å². The van der Waals surface area contributed by atoms with Crippen molar-refractivity contribution in [2.45, 2.75) is 31.0 Å². The van der Waals surface area contributed by atoms with E-state index < -0.39 is 0 Å². The van der Waals surface area contributed by atoms with Crippen LogP contribution in [0.15, 0.2) is 24.3 Å². The van der Waals surface area contributed by atoms with Gasteiger partial charge in [-0.05, 0) is 24.6 Å². The van der Waals surface area contributed by atoms with Crippen molar-refractivity contribution in [2.24, 2.45) is 0 Å². The molecule has 3 rings (SSSR count). The molecule has 2 aliphatic heterocycles. The summed E-state index contributed by atoms with van der Waals surface area (Å²) < 4.78 is 5.89. The molecule has 0 spiro atoms. The first kappa shape index (κ1) is 19.6. The third kappa shape index (κ3) is 4.78. The number of carbonyl (C=O) groups excluding carboxylic acids is 2. The van der Waals surface area contributed by atoms with Crippen molar-refractivity contribution >= 4 is 17.5 Å². The van der Waals surface area contributed by atoms with Gasteiger partial charge >= 0.3 is 0 Å². The Bertz CT molecular complexity index is 692. The fourth-order valence-electron chi connectivity index (χ4n) is 3.74. The van der Waals surface area contributed by atoms with E-state index in [9.17, 15) is 9.59 Å². The highest BCUT2D eigenvalue weighted by molar-refractivity contribution is 5.95. The summed E-state index contributed by atoms with van der Waals surface area (Å²) in [5, 5.41) is 3.16. The first-order valence-corrected chi connectivity index (χ1v) is 9.47. The first-order chi connectivity index (χ1) is 12.8. The number of amides is 2. The molecular weight excluding hydrogens is 344 g/mol.